The van der Waals surface area contributed by atoms with Crippen molar-refractivity contribution in [2.75, 3.05) is 33.4 Å². The molecule has 2 aromatic carbocycles. The van der Waals surface area contributed by atoms with Gasteiger partial charge in [-0.15, -0.1) is 0 Å². The molecule has 3 heterocycles. The number of aromatic nitrogens is 1. The Labute approximate surface area is 186 Å². The van der Waals surface area contributed by atoms with Crippen LogP contribution in [0, 0.1) is 0 Å². The number of likely N-dealkylation sites (tertiary alicyclic amines) is 1. The van der Waals surface area contributed by atoms with Crippen molar-refractivity contribution >= 4 is 22.7 Å². The number of aliphatic hydroxyl groups is 1. The van der Waals surface area contributed by atoms with Crippen LogP contribution in [0.5, 0.6) is 5.75 Å². The highest BCUT2D eigenvalue weighted by Gasteiger charge is 2.55. The van der Waals surface area contributed by atoms with Gasteiger partial charge in [-0.3, -0.25) is 9.59 Å². The topological polar surface area (TPSA) is 75.0 Å². The summed E-state index contributed by atoms with van der Waals surface area (Å²) in [6.07, 6.45) is 0. The number of hydrogen-bond acceptors (Lipinski definition) is 4. The van der Waals surface area contributed by atoms with Gasteiger partial charge in [0.15, 0.2) is 0 Å². The summed E-state index contributed by atoms with van der Waals surface area (Å²) in [6.45, 7) is 2.95. The standard InChI is InChI=1S/C25H27N3O4/c1-16(30)27-13-25(14-27)15-28(24(31)17-7-5-4-6-8-17)21(12-29)23-22(25)19-10-9-18(32-3)11-20(19)26(23)2/h4-11,21,29H,12-15H2,1-3H3/t21-/m0/s1. The smallest absolute Gasteiger partial charge is 0.254 e. The van der Waals surface area contributed by atoms with Crippen LogP contribution in [0.25, 0.3) is 10.9 Å². The van der Waals surface area contributed by atoms with Gasteiger partial charge in [0, 0.05) is 56.3 Å². The molecule has 0 aliphatic carbocycles. The molecule has 2 aliphatic heterocycles. The number of carbonyl (C=O) groups excluding carboxylic acids is 2. The van der Waals surface area contributed by atoms with Crippen LogP contribution in [0.15, 0.2) is 48.5 Å². The van der Waals surface area contributed by atoms with E-state index in [1.807, 2.05) is 48.3 Å². The maximum atomic E-state index is 13.6. The summed E-state index contributed by atoms with van der Waals surface area (Å²) in [4.78, 5) is 29.2. The number of aliphatic hydroxyl groups excluding tert-OH is 1. The molecule has 0 bridgehead atoms. The maximum Gasteiger partial charge on any atom is 0.254 e. The minimum atomic E-state index is -0.474. The van der Waals surface area contributed by atoms with E-state index in [0.29, 0.717) is 25.2 Å². The van der Waals surface area contributed by atoms with Crippen molar-refractivity contribution in [3.63, 3.8) is 0 Å². The first-order valence-electron chi connectivity index (χ1n) is 10.8. The third-order valence-electron chi connectivity index (χ3n) is 7.04. The van der Waals surface area contributed by atoms with Gasteiger partial charge in [-0.2, -0.15) is 0 Å². The van der Waals surface area contributed by atoms with Crippen LogP contribution in [0.4, 0.5) is 0 Å². The van der Waals surface area contributed by atoms with E-state index < -0.39 is 6.04 Å². The number of carbonyl (C=O) groups is 2. The highest BCUT2D eigenvalue weighted by atomic mass is 16.5. The number of methoxy groups -OCH3 is 1. The molecule has 0 saturated carbocycles. The van der Waals surface area contributed by atoms with Gasteiger partial charge in [-0.05, 0) is 29.8 Å². The predicted molar refractivity (Wildman–Crippen MR) is 121 cm³/mol. The molecule has 1 atom stereocenters. The van der Waals surface area contributed by atoms with Crippen molar-refractivity contribution in [3.8, 4) is 5.75 Å². The fraction of sp³-hybridized carbons (Fsp3) is 0.360. The van der Waals surface area contributed by atoms with E-state index in [2.05, 4.69) is 4.57 Å². The van der Waals surface area contributed by atoms with Gasteiger partial charge in [0.25, 0.3) is 5.91 Å². The SMILES string of the molecule is COc1ccc2c3c(n(C)c2c1)[C@H](CO)N(C(=O)c1ccccc1)CC31CN(C(C)=O)C1. The predicted octanol–water partition coefficient (Wildman–Crippen LogP) is 2.48. The number of rotatable bonds is 3. The fourth-order valence-corrected chi connectivity index (χ4v) is 5.48. The van der Waals surface area contributed by atoms with Crippen LogP contribution in [-0.4, -0.2) is 64.6 Å². The third kappa shape index (κ3) is 2.84. The minimum absolute atomic E-state index is 0.0318. The Kier molecular flexibility index (Phi) is 4.74. The number of nitrogens with zero attached hydrogens (tertiary/aromatic N) is 3. The molecule has 1 spiro atoms. The molecule has 7 nitrogen and oxygen atoms in total. The van der Waals surface area contributed by atoms with Crippen molar-refractivity contribution in [2.24, 2.45) is 7.05 Å². The lowest BCUT2D eigenvalue weighted by atomic mass is 9.68. The minimum Gasteiger partial charge on any atom is -0.497 e. The lowest BCUT2D eigenvalue weighted by Gasteiger charge is -2.56. The number of aryl methyl sites for hydroxylation is 1. The number of amides is 2. The normalized spacial score (nSPS) is 19.1. The molecular weight excluding hydrogens is 406 g/mol. The third-order valence-corrected chi connectivity index (χ3v) is 7.04. The summed E-state index contributed by atoms with van der Waals surface area (Å²) < 4.78 is 7.51. The van der Waals surface area contributed by atoms with Crippen molar-refractivity contribution < 1.29 is 19.4 Å². The first-order valence-corrected chi connectivity index (χ1v) is 10.8. The summed E-state index contributed by atoms with van der Waals surface area (Å²) in [6, 6.07) is 14.7. The molecule has 5 rings (SSSR count). The van der Waals surface area contributed by atoms with E-state index in [1.165, 1.54) is 0 Å². The van der Waals surface area contributed by atoms with E-state index in [4.69, 9.17) is 4.74 Å². The first-order chi connectivity index (χ1) is 15.4. The Morgan fingerprint density at radius 1 is 1.12 bits per heavy atom. The number of hydrogen-bond donors (Lipinski definition) is 1. The summed E-state index contributed by atoms with van der Waals surface area (Å²) in [5, 5.41) is 11.5. The van der Waals surface area contributed by atoms with Gasteiger partial charge >= 0.3 is 0 Å². The molecule has 32 heavy (non-hydrogen) atoms. The zero-order valence-corrected chi connectivity index (χ0v) is 18.5. The van der Waals surface area contributed by atoms with Crippen molar-refractivity contribution in [2.45, 2.75) is 18.4 Å². The van der Waals surface area contributed by atoms with Crippen LogP contribution in [0.3, 0.4) is 0 Å². The highest BCUT2D eigenvalue weighted by molar-refractivity contribution is 5.96. The second-order valence-electron chi connectivity index (χ2n) is 8.86. The first kappa shape index (κ1) is 20.6. The number of benzene rings is 2. The van der Waals surface area contributed by atoms with E-state index in [0.717, 1.165) is 27.9 Å². The summed E-state index contributed by atoms with van der Waals surface area (Å²) >= 11 is 0. The summed E-state index contributed by atoms with van der Waals surface area (Å²) in [5.41, 5.74) is 3.27. The van der Waals surface area contributed by atoms with Crippen LogP contribution in [0.2, 0.25) is 0 Å². The second-order valence-corrected chi connectivity index (χ2v) is 8.86. The number of fused-ring (bicyclic) bond motifs is 4. The van der Waals surface area contributed by atoms with Crippen LogP contribution < -0.4 is 4.74 Å². The quantitative estimate of drug-likeness (QED) is 0.689. The molecule has 0 radical (unpaired) electrons. The monoisotopic (exact) mass is 433 g/mol. The Bertz CT molecular complexity index is 1210. The zero-order valence-electron chi connectivity index (χ0n) is 18.5. The zero-order chi connectivity index (χ0) is 22.6. The second kappa shape index (κ2) is 7.38. The van der Waals surface area contributed by atoms with Gasteiger partial charge in [-0.25, -0.2) is 0 Å². The fourth-order valence-electron chi connectivity index (χ4n) is 5.48. The molecule has 1 fully saturated rings. The van der Waals surface area contributed by atoms with Gasteiger partial charge in [-0.1, -0.05) is 18.2 Å². The van der Waals surface area contributed by atoms with Gasteiger partial charge in [0.1, 0.15) is 5.75 Å². The average molecular weight is 434 g/mol. The van der Waals surface area contributed by atoms with E-state index in [-0.39, 0.29) is 23.8 Å². The van der Waals surface area contributed by atoms with E-state index >= 15 is 0 Å². The van der Waals surface area contributed by atoms with Crippen molar-refractivity contribution in [1.29, 1.82) is 0 Å². The summed E-state index contributed by atoms with van der Waals surface area (Å²) in [7, 11) is 3.60. The van der Waals surface area contributed by atoms with Crippen molar-refractivity contribution in [1.82, 2.24) is 14.4 Å². The van der Waals surface area contributed by atoms with Crippen molar-refractivity contribution in [3.05, 3.63) is 65.4 Å². The molecule has 1 aromatic heterocycles. The molecule has 2 amide bonds. The van der Waals surface area contributed by atoms with Gasteiger partial charge in [0.05, 0.1) is 30.7 Å². The van der Waals surface area contributed by atoms with Crippen LogP contribution >= 0.6 is 0 Å². The molecular formula is C25H27N3O4. The lowest BCUT2D eigenvalue weighted by Crippen LogP contribution is -2.68. The van der Waals surface area contributed by atoms with E-state index in [1.54, 1.807) is 31.1 Å². The molecule has 0 unspecified atom stereocenters. The Balaban J connectivity index is 1.71. The van der Waals surface area contributed by atoms with Gasteiger partial charge in [0.2, 0.25) is 5.91 Å². The molecule has 1 saturated heterocycles. The highest BCUT2D eigenvalue weighted by Crippen LogP contribution is 2.49. The molecule has 2 aliphatic rings. The molecule has 166 valence electrons. The van der Waals surface area contributed by atoms with Crippen LogP contribution in [0.1, 0.15) is 34.6 Å². The Morgan fingerprint density at radius 2 is 1.84 bits per heavy atom. The summed E-state index contributed by atoms with van der Waals surface area (Å²) in [5.74, 6) is 0.671. The molecule has 1 N–H and O–H groups in total. The van der Waals surface area contributed by atoms with E-state index in [9.17, 15) is 14.7 Å². The Hall–Kier alpha value is -3.32. The average Bonchev–Trinajstić information content (AvgIpc) is 3.08. The maximum absolute atomic E-state index is 13.6. The number of ether oxygens (including phenoxy) is 1. The largest absolute Gasteiger partial charge is 0.497 e. The van der Waals surface area contributed by atoms with Crippen LogP contribution in [-0.2, 0) is 17.3 Å². The molecule has 7 heteroatoms. The molecule has 3 aromatic rings. The lowest BCUT2D eigenvalue weighted by molar-refractivity contribution is -0.137. The van der Waals surface area contributed by atoms with Gasteiger partial charge < -0.3 is 24.2 Å². The Morgan fingerprint density at radius 3 is 2.47 bits per heavy atom.